The van der Waals surface area contributed by atoms with Crippen molar-refractivity contribution in [1.82, 2.24) is 15.5 Å². The van der Waals surface area contributed by atoms with Crippen LogP contribution in [0.3, 0.4) is 0 Å². The van der Waals surface area contributed by atoms with E-state index in [1.54, 1.807) is 6.92 Å². The van der Waals surface area contributed by atoms with Gasteiger partial charge in [-0.15, -0.1) is 0 Å². The summed E-state index contributed by atoms with van der Waals surface area (Å²) in [4.78, 5) is 27.4. The molecule has 0 atom stereocenters. The number of aliphatic carboxylic acids is 1. The number of amides is 1. The summed E-state index contributed by atoms with van der Waals surface area (Å²) in [6.45, 7) is 5.33. The first-order valence-corrected chi connectivity index (χ1v) is 7.15. The van der Waals surface area contributed by atoms with Gasteiger partial charge in [-0.25, -0.2) is 0 Å². The summed E-state index contributed by atoms with van der Waals surface area (Å²) in [7, 11) is 0. The molecular weight excluding hydrogens is 274 g/mol. The maximum Gasteiger partial charge on any atom is 0.306 e. The predicted molar refractivity (Wildman–Crippen MR) is 73.3 cm³/mol. The third-order valence-corrected chi connectivity index (χ3v) is 3.97. The van der Waals surface area contributed by atoms with Gasteiger partial charge in [-0.05, 0) is 39.5 Å². The molecule has 0 unspecified atom stereocenters. The van der Waals surface area contributed by atoms with Gasteiger partial charge in [-0.3, -0.25) is 9.59 Å². The Bertz CT molecular complexity index is 530. The van der Waals surface area contributed by atoms with Crippen LogP contribution in [-0.2, 0) is 15.1 Å². The fourth-order valence-corrected chi connectivity index (χ4v) is 2.62. The van der Waals surface area contributed by atoms with Crippen molar-refractivity contribution in [1.29, 1.82) is 0 Å². The average molecular weight is 295 g/mol. The zero-order chi connectivity index (χ0) is 15.6. The number of carboxylic acids is 1. The van der Waals surface area contributed by atoms with E-state index in [1.807, 2.05) is 13.8 Å². The van der Waals surface area contributed by atoms with E-state index in [4.69, 9.17) is 9.63 Å². The molecule has 1 amide bonds. The second-order valence-electron chi connectivity index (χ2n) is 6.14. The second-order valence-corrected chi connectivity index (χ2v) is 6.14. The van der Waals surface area contributed by atoms with Crippen LogP contribution >= 0.6 is 0 Å². The van der Waals surface area contributed by atoms with Crippen molar-refractivity contribution in [2.75, 3.05) is 0 Å². The summed E-state index contributed by atoms with van der Waals surface area (Å²) in [5.74, 6) is -0.417. The molecule has 0 aliphatic heterocycles. The van der Waals surface area contributed by atoms with Crippen LogP contribution in [0.25, 0.3) is 0 Å². The Hall–Kier alpha value is -1.92. The van der Waals surface area contributed by atoms with Crippen molar-refractivity contribution < 1.29 is 19.2 Å². The third-order valence-electron chi connectivity index (χ3n) is 3.97. The SMILES string of the molecule is Cc1nc(C(C)(C)NC(=O)C2CCC(C(=O)O)CC2)no1. The van der Waals surface area contributed by atoms with Gasteiger partial charge in [0.15, 0.2) is 5.82 Å². The average Bonchev–Trinajstić information content (AvgIpc) is 2.86. The summed E-state index contributed by atoms with van der Waals surface area (Å²) in [6.07, 6.45) is 2.30. The predicted octanol–water partition coefficient (Wildman–Crippen LogP) is 1.62. The summed E-state index contributed by atoms with van der Waals surface area (Å²) >= 11 is 0. The lowest BCUT2D eigenvalue weighted by molar-refractivity contribution is -0.144. The number of carboxylic acid groups (broad SMARTS) is 1. The number of nitrogens with zero attached hydrogens (tertiary/aromatic N) is 2. The lowest BCUT2D eigenvalue weighted by Crippen LogP contribution is -2.45. The normalized spacial score (nSPS) is 22.8. The van der Waals surface area contributed by atoms with Gasteiger partial charge in [0, 0.05) is 12.8 Å². The Balaban J connectivity index is 1.94. The van der Waals surface area contributed by atoms with E-state index in [9.17, 15) is 9.59 Å². The number of rotatable bonds is 4. The van der Waals surface area contributed by atoms with Gasteiger partial charge in [0.25, 0.3) is 0 Å². The number of nitrogens with one attached hydrogen (secondary N) is 1. The topological polar surface area (TPSA) is 105 Å². The summed E-state index contributed by atoms with van der Waals surface area (Å²) < 4.78 is 4.94. The van der Waals surface area contributed by atoms with Gasteiger partial charge >= 0.3 is 5.97 Å². The highest BCUT2D eigenvalue weighted by Gasteiger charge is 2.34. The minimum absolute atomic E-state index is 0.0775. The maximum atomic E-state index is 12.3. The first kappa shape index (κ1) is 15.5. The molecule has 0 spiro atoms. The van der Waals surface area contributed by atoms with E-state index in [1.165, 1.54) is 0 Å². The molecule has 1 saturated carbocycles. The molecular formula is C14H21N3O4. The van der Waals surface area contributed by atoms with Crippen LogP contribution in [-0.4, -0.2) is 27.1 Å². The molecule has 21 heavy (non-hydrogen) atoms. The molecule has 7 nitrogen and oxygen atoms in total. The summed E-state index contributed by atoms with van der Waals surface area (Å²) in [5, 5.41) is 15.7. The molecule has 7 heteroatoms. The Kier molecular flexibility index (Phi) is 4.29. The van der Waals surface area contributed by atoms with Gasteiger partial charge < -0.3 is 14.9 Å². The molecule has 0 saturated heterocycles. The van der Waals surface area contributed by atoms with E-state index in [0.29, 0.717) is 37.4 Å². The van der Waals surface area contributed by atoms with E-state index in [2.05, 4.69) is 15.5 Å². The fourth-order valence-electron chi connectivity index (χ4n) is 2.62. The number of hydrogen-bond donors (Lipinski definition) is 2. The van der Waals surface area contributed by atoms with Crippen LogP contribution < -0.4 is 5.32 Å². The first-order valence-electron chi connectivity index (χ1n) is 7.15. The lowest BCUT2D eigenvalue weighted by atomic mass is 9.81. The van der Waals surface area contributed by atoms with Crippen molar-refractivity contribution >= 4 is 11.9 Å². The molecule has 0 aromatic carbocycles. The Morgan fingerprint density at radius 1 is 1.24 bits per heavy atom. The van der Waals surface area contributed by atoms with E-state index >= 15 is 0 Å². The highest BCUT2D eigenvalue weighted by molar-refractivity contribution is 5.80. The molecule has 2 N–H and O–H groups in total. The molecule has 116 valence electrons. The minimum Gasteiger partial charge on any atom is -0.481 e. The highest BCUT2D eigenvalue weighted by Crippen LogP contribution is 2.30. The van der Waals surface area contributed by atoms with Crippen molar-refractivity contribution in [3.63, 3.8) is 0 Å². The van der Waals surface area contributed by atoms with E-state index < -0.39 is 11.5 Å². The standard InChI is InChI=1S/C14H21N3O4/c1-8-15-13(17-21-8)14(2,3)16-11(18)9-4-6-10(7-5-9)12(19)20/h9-10H,4-7H2,1-3H3,(H,16,18)(H,19,20). The van der Waals surface area contributed by atoms with Gasteiger partial charge in [-0.2, -0.15) is 4.98 Å². The molecule has 0 radical (unpaired) electrons. The first-order chi connectivity index (χ1) is 9.79. The van der Waals surface area contributed by atoms with Crippen molar-refractivity contribution in [2.45, 2.75) is 52.0 Å². The number of hydrogen-bond acceptors (Lipinski definition) is 5. The maximum absolute atomic E-state index is 12.3. The number of carbonyl (C=O) groups excluding carboxylic acids is 1. The number of aromatic nitrogens is 2. The zero-order valence-electron chi connectivity index (χ0n) is 12.5. The van der Waals surface area contributed by atoms with Crippen molar-refractivity contribution in [3.05, 3.63) is 11.7 Å². The van der Waals surface area contributed by atoms with Gasteiger partial charge in [-0.1, -0.05) is 5.16 Å². The number of aryl methyl sites for hydroxylation is 1. The van der Waals surface area contributed by atoms with Crippen LogP contribution in [0.1, 0.15) is 51.2 Å². The molecule has 0 bridgehead atoms. The van der Waals surface area contributed by atoms with Crippen LogP contribution in [0.15, 0.2) is 4.52 Å². The van der Waals surface area contributed by atoms with Gasteiger partial charge in [0.1, 0.15) is 0 Å². The zero-order valence-corrected chi connectivity index (χ0v) is 12.5. The molecule has 1 heterocycles. The lowest BCUT2D eigenvalue weighted by Gasteiger charge is -2.29. The van der Waals surface area contributed by atoms with E-state index in [0.717, 1.165) is 0 Å². The van der Waals surface area contributed by atoms with Crippen molar-refractivity contribution in [2.24, 2.45) is 11.8 Å². The molecule has 1 aliphatic rings. The molecule has 2 rings (SSSR count). The second kappa shape index (κ2) is 5.83. The molecule has 1 aliphatic carbocycles. The summed E-state index contributed by atoms with van der Waals surface area (Å²) in [6, 6.07) is 0. The van der Waals surface area contributed by atoms with Gasteiger partial charge in [0.2, 0.25) is 11.8 Å². The van der Waals surface area contributed by atoms with Crippen LogP contribution in [0.5, 0.6) is 0 Å². The molecule has 1 aromatic rings. The smallest absolute Gasteiger partial charge is 0.306 e. The minimum atomic E-state index is -0.767. The quantitative estimate of drug-likeness (QED) is 0.874. The fraction of sp³-hybridized carbons (Fsp3) is 0.714. The Labute approximate surface area is 123 Å². The van der Waals surface area contributed by atoms with E-state index in [-0.39, 0.29) is 17.7 Å². The third kappa shape index (κ3) is 3.59. The van der Waals surface area contributed by atoms with Gasteiger partial charge in [0.05, 0.1) is 11.5 Å². The molecule has 1 aromatic heterocycles. The number of carbonyl (C=O) groups is 2. The molecule has 1 fully saturated rings. The Morgan fingerprint density at radius 3 is 2.29 bits per heavy atom. The van der Waals surface area contributed by atoms with Crippen molar-refractivity contribution in [3.8, 4) is 0 Å². The van der Waals surface area contributed by atoms with Crippen LogP contribution in [0, 0.1) is 18.8 Å². The Morgan fingerprint density at radius 2 is 1.81 bits per heavy atom. The monoisotopic (exact) mass is 295 g/mol. The summed E-state index contributed by atoms with van der Waals surface area (Å²) in [5.41, 5.74) is -0.710. The van der Waals surface area contributed by atoms with Crippen LogP contribution in [0.2, 0.25) is 0 Å². The van der Waals surface area contributed by atoms with Crippen LogP contribution in [0.4, 0.5) is 0 Å². The highest BCUT2D eigenvalue weighted by atomic mass is 16.5. The largest absolute Gasteiger partial charge is 0.481 e.